The van der Waals surface area contributed by atoms with Crippen molar-refractivity contribution in [1.82, 2.24) is 19.8 Å². The molecule has 1 spiro atoms. The maximum absolute atomic E-state index is 12.0. The number of hydrogen-bond donors (Lipinski definition) is 0. The highest BCUT2D eigenvalue weighted by Gasteiger charge is 2.49. The fraction of sp³-hybridized carbons (Fsp3) is 0.500. The molecule has 6 rings (SSSR count). The van der Waals surface area contributed by atoms with E-state index in [-0.39, 0.29) is 17.3 Å². The zero-order valence-electron chi connectivity index (χ0n) is 21.7. The molecule has 3 saturated heterocycles. The Bertz CT molecular complexity index is 1300. The maximum Gasteiger partial charge on any atom is 0.319 e. The number of ether oxygens (including phenoxy) is 3. The summed E-state index contributed by atoms with van der Waals surface area (Å²) in [6.45, 7) is 8.84. The van der Waals surface area contributed by atoms with Crippen LogP contribution in [-0.4, -0.2) is 91.3 Å². The lowest BCUT2D eigenvalue weighted by Gasteiger charge is -2.47. The molecule has 10 nitrogen and oxygen atoms in total. The van der Waals surface area contributed by atoms with Gasteiger partial charge in [0.15, 0.2) is 17.3 Å². The monoisotopic (exact) mass is 516 g/mol. The van der Waals surface area contributed by atoms with Gasteiger partial charge in [0.05, 0.1) is 0 Å². The van der Waals surface area contributed by atoms with Crippen LogP contribution in [-0.2, 0) is 4.79 Å². The number of rotatable bonds is 6. The van der Waals surface area contributed by atoms with E-state index >= 15 is 0 Å². The van der Waals surface area contributed by atoms with Gasteiger partial charge in [0, 0.05) is 43.2 Å². The Hall–Kier alpha value is -3.84. The Morgan fingerprint density at radius 3 is 2.87 bits per heavy atom. The highest BCUT2D eigenvalue weighted by atomic mass is 16.6. The first-order valence-electron chi connectivity index (χ1n) is 13.2. The SMILES string of the molecule is C=CC(=O)N1CC2(CCN(c3nc(OCC4CCCN4C)nc(-c4cccc5c4OCCO5)c3C#N)C2)C1. The third-order valence-corrected chi connectivity index (χ3v) is 8.16. The number of amides is 1. The average Bonchev–Trinajstić information content (AvgIpc) is 3.56. The van der Waals surface area contributed by atoms with Gasteiger partial charge in [0.25, 0.3) is 0 Å². The molecule has 2 aromatic rings. The van der Waals surface area contributed by atoms with Crippen molar-refractivity contribution in [3.05, 3.63) is 36.4 Å². The van der Waals surface area contributed by atoms with E-state index < -0.39 is 0 Å². The van der Waals surface area contributed by atoms with E-state index in [1.165, 1.54) is 6.08 Å². The van der Waals surface area contributed by atoms with E-state index in [9.17, 15) is 10.1 Å². The molecule has 1 unspecified atom stereocenters. The molecule has 3 fully saturated rings. The summed E-state index contributed by atoms with van der Waals surface area (Å²) in [4.78, 5) is 27.8. The first-order chi connectivity index (χ1) is 18.5. The van der Waals surface area contributed by atoms with Crippen molar-refractivity contribution in [2.75, 3.05) is 64.5 Å². The minimum absolute atomic E-state index is 0.00699. The number of carbonyl (C=O) groups excluding carboxylic acids is 1. The number of nitrogens with zero attached hydrogens (tertiary/aromatic N) is 6. The van der Waals surface area contributed by atoms with Crippen LogP contribution in [0.5, 0.6) is 17.5 Å². The van der Waals surface area contributed by atoms with Crippen LogP contribution in [0.2, 0.25) is 0 Å². The van der Waals surface area contributed by atoms with Gasteiger partial charge in [0.1, 0.15) is 37.1 Å². The second kappa shape index (κ2) is 9.80. The molecular weight excluding hydrogens is 484 g/mol. The summed E-state index contributed by atoms with van der Waals surface area (Å²) < 4.78 is 18.0. The third kappa shape index (κ3) is 4.31. The Morgan fingerprint density at radius 1 is 1.26 bits per heavy atom. The molecule has 38 heavy (non-hydrogen) atoms. The van der Waals surface area contributed by atoms with E-state index in [2.05, 4.69) is 29.5 Å². The molecule has 4 aliphatic heterocycles. The van der Waals surface area contributed by atoms with Crippen LogP contribution in [0.25, 0.3) is 11.3 Å². The number of benzene rings is 1. The molecule has 0 radical (unpaired) electrons. The minimum Gasteiger partial charge on any atom is -0.486 e. The number of likely N-dealkylation sites (tertiary alicyclic amines) is 2. The van der Waals surface area contributed by atoms with Gasteiger partial charge >= 0.3 is 6.01 Å². The largest absolute Gasteiger partial charge is 0.486 e. The van der Waals surface area contributed by atoms with Gasteiger partial charge in [-0.2, -0.15) is 15.2 Å². The maximum atomic E-state index is 12.0. The molecule has 198 valence electrons. The summed E-state index contributed by atoms with van der Waals surface area (Å²) in [6.07, 6.45) is 4.49. The molecular formula is C28H32N6O4. The number of hydrogen-bond acceptors (Lipinski definition) is 9. The second-order valence-electron chi connectivity index (χ2n) is 10.7. The lowest BCUT2D eigenvalue weighted by Crippen LogP contribution is -2.59. The highest BCUT2D eigenvalue weighted by Crippen LogP contribution is 2.45. The summed E-state index contributed by atoms with van der Waals surface area (Å²) in [5.41, 5.74) is 1.54. The zero-order valence-corrected chi connectivity index (χ0v) is 21.7. The normalized spacial score (nSPS) is 21.7. The quantitative estimate of drug-likeness (QED) is 0.536. The summed E-state index contributed by atoms with van der Waals surface area (Å²) in [7, 11) is 2.10. The predicted molar refractivity (Wildman–Crippen MR) is 140 cm³/mol. The molecule has 0 N–H and O–H groups in total. The molecule has 1 amide bonds. The van der Waals surface area contributed by atoms with Crippen LogP contribution in [0.15, 0.2) is 30.9 Å². The highest BCUT2D eigenvalue weighted by molar-refractivity contribution is 5.88. The van der Waals surface area contributed by atoms with Crippen molar-refractivity contribution in [2.45, 2.75) is 25.3 Å². The van der Waals surface area contributed by atoms with Gasteiger partial charge in [0.2, 0.25) is 5.91 Å². The molecule has 1 atom stereocenters. The predicted octanol–water partition coefficient (Wildman–Crippen LogP) is 2.48. The Balaban J connectivity index is 1.36. The van der Waals surface area contributed by atoms with E-state index in [0.717, 1.165) is 32.4 Å². The molecule has 0 bridgehead atoms. The lowest BCUT2D eigenvalue weighted by atomic mass is 9.79. The molecule has 1 aromatic carbocycles. The van der Waals surface area contributed by atoms with Crippen LogP contribution < -0.4 is 19.1 Å². The number of anilines is 1. The van der Waals surface area contributed by atoms with Crippen LogP contribution in [0.4, 0.5) is 5.82 Å². The van der Waals surface area contributed by atoms with Crippen LogP contribution in [0.1, 0.15) is 24.8 Å². The molecule has 0 aliphatic carbocycles. The molecule has 10 heteroatoms. The van der Waals surface area contributed by atoms with Crippen molar-refractivity contribution in [3.63, 3.8) is 0 Å². The second-order valence-corrected chi connectivity index (χ2v) is 10.7. The number of fused-ring (bicyclic) bond motifs is 1. The van der Waals surface area contributed by atoms with Gasteiger partial charge in [-0.05, 0) is 51.1 Å². The van der Waals surface area contributed by atoms with E-state index in [0.29, 0.717) is 79.6 Å². The Morgan fingerprint density at radius 2 is 2.11 bits per heavy atom. The lowest BCUT2D eigenvalue weighted by molar-refractivity contribution is -0.136. The number of carbonyl (C=O) groups is 1. The van der Waals surface area contributed by atoms with Crippen molar-refractivity contribution >= 4 is 11.7 Å². The Labute approximate surface area is 222 Å². The van der Waals surface area contributed by atoms with E-state index in [4.69, 9.17) is 24.2 Å². The van der Waals surface area contributed by atoms with Gasteiger partial charge in [-0.25, -0.2) is 0 Å². The fourth-order valence-corrected chi connectivity index (χ4v) is 6.06. The van der Waals surface area contributed by atoms with Crippen molar-refractivity contribution in [1.29, 1.82) is 5.26 Å². The summed E-state index contributed by atoms with van der Waals surface area (Å²) in [6, 6.07) is 8.56. The van der Waals surface area contributed by atoms with Crippen LogP contribution in [0, 0.1) is 16.7 Å². The fourth-order valence-electron chi connectivity index (χ4n) is 6.06. The van der Waals surface area contributed by atoms with Gasteiger partial charge in [-0.1, -0.05) is 12.6 Å². The van der Waals surface area contributed by atoms with Crippen molar-refractivity contribution < 1.29 is 19.0 Å². The van der Waals surface area contributed by atoms with Crippen LogP contribution in [0.3, 0.4) is 0 Å². The third-order valence-electron chi connectivity index (χ3n) is 8.16. The summed E-state index contributed by atoms with van der Waals surface area (Å²) >= 11 is 0. The molecule has 4 aliphatic rings. The zero-order chi connectivity index (χ0) is 26.3. The number of nitriles is 1. The topological polar surface area (TPSA) is 104 Å². The van der Waals surface area contributed by atoms with E-state index in [1.807, 2.05) is 23.1 Å². The van der Waals surface area contributed by atoms with E-state index in [1.54, 1.807) is 0 Å². The molecule has 5 heterocycles. The molecule has 0 saturated carbocycles. The summed E-state index contributed by atoms with van der Waals surface area (Å²) in [5.74, 6) is 1.73. The van der Waals surface area contributed by atoms with Crippen molar-refractivity contribution in [2.24, 2.45) is 5.41 Å². The first kappa shape index (κ1) is 24.5. The average molecular weight is 517 g/mol. The number of para-hydroxylation sites is 1. The summed E-state index contributed by atoms with van der Waals surface area (Å²) in [5, 5.41) is 10.4. The smallest absolute Gasteiger partial charge is 0.319 e. The minimum atomic E-state index is -0.0419. The van der Waals surface area contributed by atoms with Gasteiger partial charge in [-0.15, -0.1) is 0 Å². The van der Waals surface area contributed by atoms with Gasteiger partial charge < -0.3 is 28.9 Å². The number of likely N-dealkylation sites (N-methyl/N-ethyl adjacent to an activating group) is 1. The first-order valence-corrected chi connectivity index (χ1v) is 13.2. The Kier molecular flexibility index (Phi) is 6.32. The number of aromatic nitrogens is 2. The van der Waals surface area contributed by atoms with Crippen molar-refractivity contribution in [3.8, 4) is 34.8 Å². The standard InChI is InChI=1S/C28H32N6O4/c1-3-23(35)34-17-28(18-34)9-11-33(16-28)26-21(14-29)24(20-7-4-8-22-25(20)37-13-12-36-22)30-27(31-26)38-15-19-6-5-10-32(19)2/h3-4,7-8,19H,1,5-6,9-13,15-18H2,2H3. The molecule has 1 aromatic heterocycles. The van der Waals surface area contributed by atoms with Gasteiger partial charge in [-0.3, -0.25) is 4.79 Å². The van der Waals surface area contributed by atoms with Crippen LogP contribution >= 0.6 is 0 Å².